The van der Waals surface area contributed by atoms with E-state index in [1.807, 2.05) is 25.5 Å². The van der Waals surface area contributed by atoms with Gasteiger partial charge in [0.2, 0.25) is 5.91 Å². The van der Waals surface area contributed by atoms with Crippen molar-refractivity contribution in [1.82, 2.24) is 25.4 Å². The van der Waals surface area contributed by atoms with E-state index in [4.69, 9.17) is 0 Å². The molecule has 1 aliphatic rings. The van der Waals surface area contributed by atoms with Crippen LogP contribution in [0.15, 0.2) is 6.33 Å². The molecule has 0 spiro atoms. The standard InChI is InChI=1S/C12H21N5O.2ClH/c1-4-12(6-5-7-13-12)11(18)15-9(2)10-16-14-8-17(10)3;;/h8-9,13H,4-7H2,1-3H3,(H,15,18);2*1H. The van der Waals surface area contributed by atoms with E-state index in [1.54, 1.807) is 6.33 Å². The summed E-state index contributed by atoms with van der Waals surface area (Å²) in [5.41, 5.74) is -0.396. The van der Waals surface area contributed by atoms with E-state index < -0.39 is 5.54 Å². The summed E-state index contributed by atoms with van der Waals surface area (Å²) in [6.45, 7) is 4.89. The summed E-state index contributed by atoms with van der Waals surface area (Å²) in [7, 11) is 1.88. The lowest BCUT2D eigenvalue weighted by atomic mass is 9.93. The maximum Gasteiger partial charge on any atom is 0.240 e. The van der Waals surface area contributed by atoms with Crippen molar-refractivity contribution in [2.24, 2.45) is 7.05 Å². The summed E-state index contributed by atoms with van der Waals surface area (Å²) in [5, 5.41) is 14.2. The second kappa shape index (κ2) is 7.81. The fourth-order valence-electron chi connectivity index (χ4n) is 2.55. The van der Waals surface area contributed by atoms with Crippen molar-refractivity contribution in [3.63, 3.8) is 0 Å². The number of hydrogen-bond donors (Lipinski definition) is 2. The third-order valence-electron chi connectivity index (χ3n) is 3.76. The number of halogens is 2. The predicted octanol–water partition coefficient (Wildman–Crippen LogP) is 1.37. The van der Waals surface area contributed by atoms with Crippen LogP contribution in [-0.2, 0) is 11.8 Å². The molecule has 2 rings (SSSR count). The molecule has 0 saturated carbocycles. The SMILES string of the molecule is CCC1(C(=O)NC(C)c2nncn2C)CCCN1.Cl.Cl. The quantitative estimate of drug-likeness (QED) is 0.877. The minimum Gasteiger partial charge on any atom is -0.345 e. The second-order valence-electron chi connectivity index (χ2n) is 4.96. The molecule has 1 aliphatic heterocycles. The van der Waals surface area contributed by atoms with Crippen LogP contribution in [0.5, 0.6) is 0 Å². The molecule has 1 saturated heterocycles. The first-order valence-corrected chi connectivity index (χ1v) is 6.49. The van der Waals surface area contributed by atoms with Gasteiger partial charge >= 0.3 is 0 Å². The molecule has 1 fully saturated rings. The average Bonchev–Trinajstić information content (AvgIpc) is 2.97. The normalized spacial score (nSPS) is 22.6. The maximum absolute atomic E-state index is 12.4. The first-order valence-electron chi connectivity index (χ1n) is 6.49. The molecule has 6 nitrogen and oxygen atoms in total. The fourth-order valence-corrected chi connectivity index (χ4v) is 2.55. The smallest absolute Gasteiger partial charge is 0.240 e. The minimum absolute atomic E-state index is 0. The minimum atomic E-state index is -0.396. The van der Waals surface area contributed by atoms with Crippen molar-refractivity contribution in [2.75, 3.05) is 6.54 Å². The number of amides is 1. The van der Waals surface area contributed by atoms with Gasteiger partial charge in [0.05, 0.1) is 11.6 Å². The van der Waals surface area contributed by atoms with Gasteiger partial charge in [0.25, 0.3) is 0 Å². The Morgan fingerprint density at radius 3 is 2.75 bits per heavy atom. The Labute approximate surface area is 131 Å². The van der Waals surface area contributed by atoms with Gasteiger partial charge < -0.3 is 15.2 Å². The monoisotopic (exact) mass is 323 g/mol. The predicted molar refractivity (Wildman–Crippen MR) is 82.3 cm³/mol. The van der Waals surface area contributed by atoms with Gasteiger partial charge in [-0.1, -0.05) is 6.92 Å². The largest absolute Gasteiger partial charge is 0.345 e. The Hall–Kier alpha value is -0.850. The number of aryl methyl sites for hydroxylation is 1. The van der Waals surface area contributed by atoms with Gasteiger partial charge in [0.15, 0.2) is 5.82 Å². The number of nitrogens with one attached hydrogen (secondary N) is 2. The van der Waals surface area contributed by atoms with E-state index in [-0.39, 0.29) is 36.8 Å². The molecule has 2 N–H and O–H groups in total. The van der Waals surface area contributed by atoms with Crippen molar-refractivity contribution in [2.45, 2.75) is 44.7 Å². The second-order valence-corrected chi connectivity index (χ2v) is 4.96. The van der Waals surface area contributed by atoms with Crippen molar-refractivity contribution in [1.29, 1.82) is 0 Å². The highest BCUT2D eigenvalue weighted by molar-refractivity contribution is 5.87. The summed E-state index contributed by atoms with van der Waals surface area (Å²) in [4.78, 5) is 12.4. The third-order valence-corrected chi connectivity index (χ3v) is 3.76. The Bertz CT molecular complexity index is 431. The molecule has 2 heterocycles. The van der Waals surface area contributed by atoms with Gasteiger partial charge in [-0.05, 0) is 32.7 Å². The van der Waals surface area contributed by atoms with E-state index in [2.05, 4.69) is 20.8 Å². The highest BCUT2D eigenvalue weighted by Crippen LogP contribution is 2.24. The van der Waals surface area contributed by atoms with Crippen LogP contribution in [-0.4, -0.2) is 32.8 Å². The number of carbonyl (C=O) groups is 1. The number of rotatable bonds is 4. The molecular weight excluding hydrogens is 301 g/mol. The van der Waals surface area contributed by atoms with Crippen molar-refractivity contribution in [3.05, 3.63) is 12.2 Å². The topological polar surface area (TPSA) is 71.8 Å². The van der Waals surface area contributed by atoms with Gasteiger partial charge in [-0.3, -0.25) is 4.79 Å². The zero-order valence-electron chi connectivity index (χ0n) is 12.0. The third kappa shape index (κ3) is 3.62. The molecule has 2 unspecified atom stereocenters. The first kappa shape index (κ1) is 19.1. The average molecular weight is 324 g/mol. The Morgan fingerprint density at radius 2 is 2.30 bits per heavy atom. The van der Waals surface area contributed by atoms with Crippen molar-refractivity contribution >= 4 is 30.7 Å². The number of aromatic nitrogens is 3. The molecule has 0 aromatic carbocycles. The molecule has 20 heavy (non-hydrogen) atoms. The van der Waals surface area contributed by atoms with Crippen molar-refractivity contribution < 1.29 is 4.79 Å². The van der Waals surface area contributed by atoms with E-state index in [0.29, 0.717) is 0 Å². The highest BCUT2D eigenvalue weighted by atomic mass is 35.5. The van der Waals surface area contributed by atoms with Gasteiger partial charge in [-0.2, -0.15) is 0 Å². The number of carbonyl (C=O) groups excluding carboxylic acids is 1. The molecule has 1 aromatic heterocycles. The van der Waals surface area contributed by atoms with Crippen LogP contribution >= 0.6 is 24.8 Å². The van der Waals surface area contributed by atoms with Crippen LogP contribution in [0.25, 0.3) is 0 Å². The summed E-state index contributed by atoms with van der Waals surface area (Å²) in [6.07, 6.45) is 4.41. The Morgan fingerprint density at radius 1 is 1.60 bits per heavy atom. The molecule has 8 heteroatoms. The zero-order valence-corrected chi connectivity index (χ0v) is 13.7. The lowest BCUT2D eigenvalue weighted by Crippen LogP contribution is -2.53. The molecule has 0 bridgehead atoms. The molecular formula is C12H23Cl2N5O. The van der Waals surface area contributed by atoms with Crippen LogP contribution in [0, 0.1) is 0 Å². The molecule has 0 radical (unpaired) electrons. The number of hydrogen-bond acceptors (Lipinski definition) is 4. The van der Waals surface area contributed by atoms with Gasteiger partial charge in [0, 0.05) is 7.05 Å². The van der Waals surface area contributed by atoms with Gasteiger partial charge in [0.1, 0.15) is 6.33 Å². The zero-order chi connectivity index (χ0) is 13.2. The molecule has 1 aromatic rings. The van der Waals surface area contributed by atoms with Gasteiger partial charge in [-0.25, -0.2) is 0 Å². The summed E-state index contributed by atoms with van der Waals surface area (Å²) < 4.78 is 1.83. The van der Waals surface area contributed by atoms with E-state index in [0.717, 1.165) is 31.6 Å². The lowest BCUT2D eigenvalue weighted by molar-refractivity contribution is -0.128. The summed E-state index contributed by atoms with van der Waals surface area (Å²) in [6, 6.07) is -0.129. The Kier molecular flexibility index (Phi) is 7.47. The Balaban J connectivity index is 0.00000180. The van der Waals surface area contributed by atoms with E-state index >= 15 is 0 Å². The molecule has 2 atom stereocenters. The number of nitrogens with zero attached hydrogens (tertiary/aromatic N) is 3. The highest BCUT2D eigenvalue weighted by Gasteiger charge is 2.39. The molecule has 116 valence electrons. The molecule has 1 amide bonds. The lowest BCUT2D eigenvalue weighted by Gasteiger charge is -2.28. The van der Waals surface area contributed by atoms with Crippen LogP contribution in [0.1, 0.15) is 45.0 Å². The van der Waals surface area contributed by atoms with Crippen molar-refractivity contribution in [3.8, 4) is 0 Å². The van der Waals surface area contributed by atoms with Crippen LogP contribution in [0.3, 0.4) is 0 Å². The van der Waals surface area contributed by atoms with E-state index in [9.17, 15) is 4.79 Å². The summed E-state index contributed by atoms with van der Waals surface area (Å²) >= 11 is 0. The maximum atomic E-state index is 12.4. The van der Waals surface area contributed by atoms with Crippen LogP contribution in [0.2, 0.25) is 0 Å². The van der Waals surface area contributed by atoms with Crippen LogP contribution in [0.4, 0.5) is 0 Å². The summed E-state index contributed by atoms with van der Waals surface area (Å²) in [5.74, 6) is 0.839. The van der Waals surface area contributed by atoms with Gasteiger partial charge in [-0.15, -0.1) is 35.0 Å². The molecule has 0 aliphatic carbocycles. The van der Waals surface area contributed by atoms with Crippen LogP contribution < -0.4 is 10.6 Å². The first-order chi connectivity index (χ1) is 8.59. The van der Waals surface area contributed by atoms with E-state index in [1.165, 1.54) is 0 Å². The fraction of sp³-hybridized carbons (Fsp3) is 0.750.